The predicted molar refractivity (Wildman–Crippen MR) is 80.5 cm³/mol. The third kappa shape index (κ3) is 3.24. The number of nitrogens with two attached hydrogens (primary N) is 1. The monoisotopic (exact) mass is 292 g/mol. The molecule has 0 aliphatic rings. The number of benzene rings is 2. The standard InChI is InChI=1S/C16H18F2N2O/c1-9-4-5-11(6-12(9)17)10(2)20-15-8-16(21-3)14(19)7-13(15)18/h4-8,10,20H,19H2,1-3H3. The van der Waals surface area contributed by atoms with Gasteiger partial charge < -0.3 is 15.8 Å². The minimum absolute atomic E-state index is 0.231. The molecule has 1 atom stereocenters. The van der Waals surface area contributed by atoms with Gasteiger partial charge >= 0.3 is 0 Å². The predicted octanol–water partition coefficient (Wildman–Crippen LogP) is 4.04. The fourth-order valence-corrected chi connectivity index (χ4v) is 2.05. The summed E-state index contributed by atoms with van der Waals surface area (Å²) < 4.78 is 32.6. The second-order valence-corrected chi connectivity index (χ2v) is 4.95. The van der Waals surface area contributed by atoms with Crippen molar-refractivity contribution in [2.75, 3.05) is 18.2 Å². The molecule has 3 nitrogen and oxygen atoms in total. The van der Waals surface area contributed by atoms with Crippen molar-refractivity contribution >= 4 is 11.4 Å². The largest absolute Gasteiger partial charge is 0.495 e. The molecule has 0 saturated heterocycles. The number of rotatable bonds is 4. The molecule has 2 aromatic carbocycles. The Kier molecular flexibility index (Phi) is 4.31. The molecule has 112 valence electrons. The molecule has 5 heteroatoms. The first-order chi connectivity index (χ1) is 9.92. The number of anilines is 2. The van der Waals surface area contributed by atoms with E-state index in [9.17, 15) is 8.78 Å². The lowest BCUT2D eigenvalue weighted by atomic mass is 10.1. The molecule has 21 heavy (non-hydrogen) atoms. The van der Waals surface area contributed by atoms with Gasteiger partial charge in [-0.05, 0) is 31.0 Å². The van der Waals surface area contributed by atoms with Crippen LogP contribution in [0.1, 0.15) is 24.1 Å². The lowest BCUT2D eigenvalue weighted by Crippen LogP contribution is -2.09. The van der Waals surface area contributed by atoms with Crippen LogP contribution in [0.2, 0.25) is 0 Å². The number of ether oxygens (including phenoxy) is 1. The van der Waals surface area contributed by atoms with E-state index in [-0.39, 0.29) is 23.2 Å². The number of methoxy groups -OCH3 is 1. The molecule has 0 aromatic heterocycles. The van der Waals surface area contributed by atoms with Crippen molar-refractivity contribution in [3.63, 3.8) is 0 Å². The van der Waals surface area contributed by atoms with Gasteiger partial charge in [0.25, 0.3) is 0 Å². The number of aryl methyl sites for hydroxylation is 1. The highest BCUT2D eigenvalue weighted by Gasteiger charge is 2.13. The van der Waals surface area contributed by atoms with E-state index in [1.54, 1.807) is 13.0 Å². The van der Waals surface area contributed by atoms with Crippen molar-refractivity contribution in [1.82, 2.24) is 0 Å². The summed E-state index contributed by atoms with van der Waals surface area (Å²) >= 11 is 0. The minimum atomic E-state index is -0.479. The number of halogens is 2. The van der Waals surface area contributed by atoms with Crippen LogP contribution < -0.4 is 15.8 Å². The molecule has 0 radical (unpaired) electrons. The number of hydrogen-bond donors (Lipinski definition) is 2. The van der Waals surface area contributed by atoms with E-state index in [4.69, 9.17) is 10.5 Å². The van der Waals surface area contributed by atoms with Gasteiger partial charge in [-0.2, -0.15) is 0 Å². The molecule has 3 N–H and O–H groups in total. The summed E-state index contributed by atoms with van der Waals surface area (Å²) in [4.78, 5) is 0. The fraction of sp³-hybridized carbons (Fsp3) is 0.250. The van der Waals surface area contributed by atoms with Crippen LogP contribution in [0.25, 0.3) is 0 Å². The van der Waals surface area contributed by atoms with Gasteiger partial charge in [-0.1, -0.05) is 12.1 Å². The lowest BCUT2D eigenvalue weighted by molar-refractivity contribution is 0.416. The van der Waals surface area contributed by atoms with Gasteiger partial charge in [-0.15, -0.1) is 0 Å². The molecule has 2 rings (SSSR count). The molecule has 0 spiro atoms. The Morgan fingerprint density at radius 2 is 1.86 bits per heavy atom. The average molecular weight is 292 g/mol. The van der Waals surface area contributed by atoms with Crippen molar-refractivity contribution in [3.8, 4) is 5.75 Å². The number of nitrogen functional groups attached to an aromatic ring is 1. The highest BCUT2D eigenvalue weighted by Crippen LogP contribution is 2.30. The first kappa shape index (κ1) is 15.1. The van der Waals surface area contributed by atoms with Crippen LogP contribution in [0.3, 0.4) is 0 Å². The molecular weight excluding hydrogens is 274 g/mol. The molecule has 0 aliphatic heterocycles. The highest BCUT2D eigenvalue weighted by atomic mass is 19.1. The Bertz CT molecular complexity index is 659. The Labute approximate surface area is 122 Å². The van der Waals surface area contributed by atoms with Gasteiger partial charge in [0, 0.05) is 18.2 Å². The second kappa shape index (κ2) is 5.99. The number of hydrogen-bond acceptors (Lipinski definition) is 3. The van der Waals surface area contributed by atoms with Gasteiger partial charge in [0.1, 0.15) is 17.4 Å². The van der Waals surface area contributed by atoms with Gasteiger partial charge in [-0.3, -0.25) is 0 Å². The molecule has 0 saturated carbocycles. The van der Waals surface area contributed by atoms with E-state index >= 15 is 0 Å². The zero-order valence-corrected chi connectivity index (χ0v) is 12.2. The summed E-state index contributed by atoms with van der Waals surface area (Å²) in [5.41, 5.74) is 7.43. The lowest BCUT2D eigenvalue weighted by Gasteiger charge is -2.18. The summed E-state index contributed by atoms with van der Waals surface area (Å²) in [6, 6.07) is 7.38. The summed E-state index contributed by atoms with van der Waals surface area (Å²) in [5.74, 6) is -0.370. The smallest absolute Gasteiger partial charge is 0.148 e. The van der Waals surface area contributed by atoms with Crippen LogP contribution in [0.15, 0.2) is 30.3 Å². The Hall–Kier alpha value is -2.30. The van der Waals surface area contributed by atoms with E-state index in [0.29, 0.717) is 11.3 Å². The third-order valence-electron chi connectivity index (χ3n) is 3.39. The maximum Gasteiger partial charge on any atom is 0.148 e. The van der Waals surface area contributed by atoms with Crippen LogP contribution in [-0.2, 0) is 0 Å². The molecule has 0 heterocycles. The highest BCUT2D eigenvalue weighted by molar-refractivity contribution is 5.62. The van der Waals surface area contributed by atoms with Crippen LogP contribution in [0.5, 0.6) is 5.75 Å². The van der Waals surface area contributed by atoms with Crippen LogP contribution in [-0.4, -0.2) is 7.11 Å². The summed E-state index contributed by atoms with van der Waals surface area (Å²) in [6.45, 7) is 3.52. The first-order valence-corrected chi connectivity index (χ1v) is 6.58. The average Bonchev–Trinajstić information content (AvgIpc) is 2.44. The SMILES string of the molecule is COc1cc(NC(C)c2ccc(C)c(F)c2)c(F)cc1N. The summed E-state index contributed by atoms with van der Waals surface area (Å²) in [6.07, 6.45) is 0. The molecule has 0 fully saturated rings. The van der Waals surface area contributed by atoms with Gasteiger partial charge in [0.2, 0.25) is 0 Å². The summed E-state index contributed by atoms with van der Waals surface area (Å²) in [5, 5.41) is 3.00. The normalized spacial score (nSPS) is 12.0. The third-order valence-corrected chi connectivity index (χ3v) is 3.39. The molecule has 0 amide bonds. The molecule has 0 bridgehead atoms. The van der Waals surface area contributed by atoms with E-state index in [2.05, 4.69) is 5.32 Å². The maximum atomic E-state index is 13.9. The fourth-order valence-electron chi connectivity index (χ4n) is 2.05. The van der Waals surface area contributed by atoms with Crippen LogP contribution >= 0.6 is 0 Å². The van der Waals surface area contributed by atoms with Gasteiger partial charge in [0.05, 0.1) is 18.5 Å². The van der Waals surface area contributed by atoms with E-state index < -0.39 is 5.82 Å². The van der Waals surface area contributed by atoms with Crippen molar-refractivity contribution in [3.05, 3.63) is 53.1 Å². The quantitative estimate of drug-likeness (QED) is 0.836. The zero-order chi connectivity index (χ0) is 15.6. The van der Waals surface area contributed by atoms with Crippen LogP contribution in [0, 0.1) is 18.6 Å². The number of nitrogens with one attached hydrogen (secondary N) is 1. The Morgan fingerprint density at radius 3 is 2.48 bits per heavy atom. The van der Waals surface area contributed by atoms with Crippen molar-refractivity contribution in [1.29, 1.82) is 0 Å². The van der Waals surface area contributed by atoms with Gasteiger partial charge in [0.15, 0.2) is 0 Å². The van der Waals surface area contributed by atoms with Crippen molar-refractivity contribution < 1.29 is 13.5 Å². The van der Waals surface area contributed by atoms with Gasteiger partial charge in [-0.25, -0.2) is 8.78 Å². The van der Waals surface area contributed by atoms with Crippen LogP contribution in [0.4, 0.5) is 20.2 Å². The second-order valence-electron chi connectivity index (χ2n) is 4.95. The van der Waals surface area contributed by atoms with E-state index in [1.807, 2.05) is 13.0 Å². The minimum Gasteiger partial charge on any atom is -0.495 e. The topological polar surface area (TPSA) is 47.3 Å². The Morgan fingerprint density at radius 1 is 1.14 bits per heavy atom. The first-order valence-electron chi connectivity index (χ1n) is 6.58. The van der Waals surface area contributed by atoms with E-state index in [0.717, 1.165) is 5.56 Å². The molecule has 1 unspecified atom stereocenters. The van der Waals surface area contributed by atoms with Crippen molar-refractivity contribution in [2.24, 2.45) is 0 Å². The summed E-state index contributed by atoms with van der Waals surface area (Å²) in [7, 11) is 1.46. The Balaban J connectivity index is 2.26. The van der Waals surface area contributed by atoms with E-state index in [1.165, 1.54) is 25.3 Å². The molecule has 0 aliphatic carbocycles. The molecule has 2 aromatic rings. The van der Waals surface area contributed by atoms with Crippen molar-refractivity contribution in [2.45, 2.75) is 19.9 Å². The molecular formula is C16H18F2N2O. The zero-order valence-electron chi connectivity index (χ0n) is 12.2. The maximum absolute atomic E-state index is 13.9.